The van der Waals surface area contributed by atoms with Crippen LogP contribution in [0.15, 0.2) is 63.1 Å². The Morgan fingerprint density at radius 1 is 1.21 bits per heavy atom. The van der Waals surface area contributed by atoms with Crippen molar-refractivity contribution in [2.24, 2.45) is 10.1 Å². The Bertz CT molecular complexity index is 1230. The molecular formula is C21H20N7O5+. The summed E-state index contributed by atoms with van der Waals surface area (Å²) in [5.41, 5.74) is 3.77. The van der Waals surface area contributed by atoms with Gasteiger partial charge in [0.15, 0.2) is 0 Å². The number of rotatable bonds is 6. The van der Waals surface area contributed by atoms with Crippen LogP contribution in [0.25, 0.3) is 6.08 Å². The summed E-state index contributed by atoms with van der Waals surface area (Å²) in [4.78, 5) is 42.2. The van der Waals surface area contributed by atoms with Crippen LogP contribution >= 0.6 is 0 Å². The molecule has 0 bridgehead atoms. The van der Waals surface area contributed by atoms with E-state index in [0.717, 1.165) is 10.5 Å². The van der Waals surface area contributed by atoms with E-state index < -0.39 is 17.0 Å². The molecule has 0 saturated carbocycles. The number of hydrogen-bond donors (Lipinski definition) is 1. The van der Waals surface area contributed by atoms with Crippen LogP contribution in [0.3, 0.4) is 0 Å². The summed E-state index contributed by atoms with van der Waals surface area (Å²) in [7, 11) is 3.00. The highest BCUT2D eigenvalue weighted by molar-refractivity contribution is 6.22. The summed E-state index contributed by atoms with van der Waals surface area (Å²) >= 11 is 0. The molecule has 12 nitrogen and oxygen atoms in total. The summed E-state index contributed by atoms with van der Waals surface area (Å²) in [5.74, 6) is 0.186. The van der Waals surface area contributed by atoms with Crippen LogP contribution < -0.4 is 5.43 Å². The monoisotopic (exact) mass is 450 g/mol. The van der Waals surface area contributed by atoms with E-state index in [1.807, 2.05) is 30.3 Å². The molecule has 1 unspecified atom stereocenters. The zero-order chi connectivity index (χ0) is 23.5. The molecule has 4 rings (SSSR count). The second-order valence-corrected chi connectivity index (χ2v) is 7.23. The third-order valence-electron chi connectivity index (χ3n) is 5.10. The first-order valence-electron chi connectivity index (χ1n) is 9.88. The zero-order valence-corrected chi connectivity index (χ0v) is 17.8. The largest absolute Gasteiger partial charge is 0.433 e. The van der Waals surface area contributed by atoms with Gasteiger partial charge in [0, 0.05) is 14.1 Å². The number of urea groups is 1. The van der Waals surface area contributed by atoms with Crippen molar-refractivity contribution in [3.63, 3.8) is 0 Å². The molecule has 0 spiro atoms. The van der Waals surface area contributed by atoms with Crippen molar-refractivity contribution in [1.82, 2.24) is 15.2 Å². The number of hydrogen-bond acceptors (Lipinski definition) is 8. The number of guanidine groups is 1. The molecule has 2 aliphatic heterocycles. The van der Waals surface area contributed by atoms with Gasteiger partial charge >= 0.3 is 17.9 Å². The topological polar surface area (TPSA) is 137 Å². The summed E-state index contributed by atoms with van der Waals surface area (Å²) in [6, 6.07) is 11.0. The standard InChI is InChI=1S/C21H19N7O5/c1-25-18-17(19(29)26(2)21(25)30)27(13-14-7-4-3-5-8-14)20(23-18)24-22-12-6-9-15-10-11-16(33-15)28(31)32/h3-12,17H,13H2,1-2H3/p+1/b9-6+,22-12+. The fourth-order valence-electron chi connectivity index (χ4n) is 3.44. The quantitative estimate of drug-likeness (QED) is 0.308. The van der Waals surface area contributed by atoms with Crippen molar-refractivity contribution >= 4 is 41.9 Å². The van der Waals surface area contributed by atoms with Gasteiger partial charge in [0.2, 0.25) is 11.9 Å². The number of nitrogens with zero attached hydrogens (tertiary/aromatic N) is 6. The van der Waals surface area contributed by atoms with Crippen LogP contribution in [0.5, 0.6) is 0 Å². The number of amides is 3. The van der Waals surface area contributed by atoms with E-state index in [9.17, 15) is 19.7 Å². The minimum absolute atomic E-state index is 0.299. The lowest BCUT2D eigenvalue weighted by Gasteiger charge is -2.31. The van der Waals surface area contributed by atoms with Gasteiger partial charge < -0.3 is 4.42 Å². The average molecular weight is 450 g/mol. The number of benzene rings is 1. The van der Waals surface area contributed by atoms with Gasteiger partial charge in [-0.2, -0.15) is 5.43 Å². The van der Waals surface area contributed by atoms with Crippen LogP contribution in [0.4, 0.5) is 10.7 Å². The molecule has 1 atom stereocenters. The van der Waals surface area contributed by atoms with Gasteiger partial charge in [-0.05, 0) is 23.8 Å². The molecule has 1 N–H and O–H groups in total. The van der Waals surface area contributed by atoms with Crippen LogP contribution in [-0.2, 0) is 11.3 Å². The van der Waals surface area contributed by atoms with Gasteiger partial charge in [-0.1, -0.05) is 35.3 Å². The first-order valence-corrected chi connectivity index (χ1v) is 9.88. The summed E-state index contributed by atoms with van der Waals surface area (Å²) < 4.78 is 6.77. The minimum Gasteiger partial charge on any atom is -0.401 e. The van der Waals surface area contributed by atoms with Crippen molar-refractivity contribution in [3.8, 4) is 0 Å². The van der Waals surface area contributed by atoms with Gasteiger partial charge in [-0.3, -0.25) is 24.7 Å². The number of nitrogens with one attached hydrogen (secondary N) is 1. The molecule has 2 aromatic rings. The maximum Gasteiger partial charge on any atom is 0.433 e. The second-order valence-electron chi connectivity index (χ2n) is 7.23. The summed E-state index contributed by atoms with van der Waals surface area (Å²) in [6.45, 7) is 0.365. The Kier molecular flexibility index (Phi) is 5.81. The third kappa shape index (κ3) is 4.26. The minimum atomic E-state index is -0.769. The van der Waals surface area contributed by atoms with E-state index in [1.54, 1.807) is 11.6 Å². The predicted molar refractivity (Wildman–Crippen MR) is 119 cm³/mol. The molecule has 1 aromatic heterocycles. The molecule has 12 heteroatoms. The van der Waals surface area contributed by atoms with Gasteiger partial charge in [0.1, 0.15) is 10.7 Å². The number of imide groups is 1. The number of furan rings is 1. The van der Waals surface area contributed by atoms with Crippen molar-refractivity contribution in [2.75, 3.05) is 14.1 Å². The SMILES string of the molecule is CN1C(=O)C2C(=NC(N/N=C/C=C/c3ccc([N+](=O)[O-])o3)=[N+]2Cc2ccccc2)N(C)C1=O. The molecule has 3 amide bonds. The van der Waals surface area contributed by atoms with Crippen molar-refractivity contribution in [3.05, 3.63) is 70.0 Å². The molecule has 1 fully saturated rings. The Labute approximate surface area is 188 Å². The van der Waals surface area contributed by atoms with E-state index in [0.29, 0.717) is 24.1 Å². The third-order valence-corrected chi connectivity index (χ3v) is 5.10. The highest BCUT2D eigenvalue weighted by Gasteiger charge is 2.51. The fraction of sp³-hybridized carbons (Fsp3) is 0.190. The van der Waals surface area contributed by atoms with E-state index >= 15 is 0 Å². The lowest BCUT2D eigenvalue weighted by molar-refractivity contribution is -0.553. The van der Waals surface area contributed by atoms with Crippen LogP contribution in [0, 0.1) is 10.1 Å². The Morgan fingerprint density at radius 2 is 1.97 bits per heavy atom. The van der Waals surface area contributed by atoms with Crippen molar-refractivity contribution < 1.29 is 23.5 Å². The second kappa shape index (κ2) is 8.86. The molecule has 33 heavy (non-hydrogen) atoms. The smallest absolute Gasteiger partial charge is 0.401 e. The van der Waals surface area contributed by atoms with Crippen LogP contribution in [-0.4, -0.2) is 69.4 Å². The number of aliphatic imine (C=N–C) groups is 1. The summed E-state index contributed by atoms with van der Waals surface area (Å²) in [5, 5.41) is 14.8. The number of carbonyl (C=O) groups is 2. The maximum absolute atomic E-state index is 12.9. The molecular weight excluding hydrogens is 430 g/mol. The molecule has 1 aromatic carbocycles. The van der Waals surface area contributed by atoms with Crippen LogP contribution in [0.1, 0.15) is 11.3 Å². The number of hydrazone groups is 1. The van der Waals surface area contributed by atoms with Gasteiger partial charge in [-0.25, -0.2) is 9.37 Å². The highest BCUT2D eigenvalue weighted by atomic mass is 16.6. The highest BCUT2D eigenvalue weighted by Crippen LogP contribution is 2.20. The first-order chi connectivity index (χ1) is 15.9. The number of nitro groups is 1. The van der Waals surface area contributed by atoms with E-state index in [1.165, 1.54) is 42.4 Å². The van der Waals surface area contributed by atoms with Crippen LogP contribution in [0.2, 0.25) is 0 Å². The Morgan fingerprint density at radius 3 is 2.67 bits per heavy atom. The molecule has 2 aliphatic rings. The predicted octanol–water partition coefficient (Wildman–Crippen LogP) is 1.65. The lowest BCUT2D eigenvalue weighted by Crippen LogP contribution is -2.61. The van der Waals surface area contributed by atoms with Gasteiger partial charge in [0.05, 0.1) is 18.8 Å². The Balaban J connectivity index is 1.56. The first kappa shape index (κ1) is 21.6. The van der Waals surface area contributed by atoms with Gasteiger partial charge in [-0.15, -0.1) is 5.10 Å². The van der Waals surface area contributed by atoms with E-state index in [4.69, 9.17) is 4.42 Å². The lowest BCUT2D eigenvalue weighted by atomic mass is 10.1. The van der Waals surface area contributed by atoms with Crippen molar-refractivity contribution in [1.29, 1.82) is 0 Å². The number of likely N-dealkylation sites (N-methyl/N-ethyl adjacent to an activating group) is 2. The van der Waals surface area contributed by atoms with E-state index in [-0.39, 0.29) is 11.8 Å². The number of carbonyl (C=O) groups excluding carboxylic acids is 2. The Hall–Kier alpha value is -4.61. The van der Waals surface area contributed by atoms with Crippen molar-refractivity contribution in [2.45, 2.75) is 12.6 Å². The summed E-state index contributed by atoms with van der Waals surface area (Å²) in [6.07, 6.45) is 4.45. The fourth-order valence-corrected chi connectivity index (χ4v) is 3.44. The molecule has 0 aliphatic carbocycles. The molecule has 168 valence electrons. The van der Waals surface area contributed by atoms with E-state index in [2.05, 4.69) is 15.5 Å². The normalized spacial score (nSPS) is 18.5. The maximum atomic E-state index is 12.9. The molecule has 0 radical (unpaired) electrons. The molecule has 3 heterocycles. The van der Waals surface area contributed by atoms with Gasteiger partial charge in [0.25, 0.3) is 5.91 Å². The number of allylic oxidation sites excluding steroid dienone is 1. The number of fused-ring (bicyclic) bond motifs is 1. The molecule has 1 saturated heterocycles. The number of amidine groups is 1. The zero-order valence-electron chi connectivity index (χ0n) is 17.8. The average Bonchev–Trinajstić information content (AvgIpc) is 3.42.